The van der Waals surface area contributed by atoms with Gasteiger partial charge in [0.25, 0.3) is 0 Å². The first-order chi connectivity index (χ1) is 12.3. The Bertz CT molecular complexity index is 515. The van der Waals surface area contributed by atoms with Gasteiger partial charge in [-0.2, -0.15) is 0 Å². The zero-order valence-electron chi connectivity index (χ0n) is 14.8. The van der Waals surface area contributed by atoms with Gasteiger partial charge in [0, 0.05) is 77.7 Å². The van der Waals surface area contributed by atoms with Crippen molar-refractivity contribution in [2.45, 2.75) is 6.42 Å². The molecule has 8 heteroatoms. The van der Waals surface area contributed by atoms with E-state index in [1.165, 1.54) is 0 Å². The van der Waals surface area contributed by atoms with Gasteiger partial charge in [0.05, 0.1) is 13.2 Å². The molecule has 0 spiro atoms. The monoisotopic (exact) mass is 348 g/mol. The van der Waals surface area contributed by atoms with Crippen LogP contribution in [0.25, 0.3) is 0 Å². The molecule has 0 atom stereocenters. The number of hydrogen-bond donors (Lipinski definition) is 1. The fourth-order valence-corrected chi connectivity index (χ4v) is 3.15. The fourth-order valence-electron chi connectivity index (χ4n) is 3.15. The molecular formula is C17H28N6O2. The van der Waals surface area contributed by atoms with Crippen LogP contribution in [-0.2, 0) is 9.53 Å². The van der Waals surface area contributed by atoms with Crippen molar-refractivity contribution in [1.29, 1.82) is 0 Å². The van der Waals surface area contributed by atoms with Crippen LogP contribution in [0, 0.1) is 0 Å². The summed E-state index contributed by atoms with van der Waals surface area (Å²) in [6, 6.07) is 1.81. The van der Waals surface area contributed by atoms with Crippen molar-refractivity contribution in [3.05, 3.63) is 18.5 Å². The minimum absolute atomic E-state index is 0.229. The highest BCUT2D eigenvalue weighted by atomic mass is 16.5. The summed E-state index contributed by atoms with van der Waals surface area (Å²) in [6.07, 6.45) is 4.07. The second-order valence-electron chi connectivity index (χ2n) is 6.37. The quantitative estimate of drug-likeness (QED) is 0.662. The van der Waals surface area contributed by atoms with Crippen molar-refractivity contribution in [3.63, 3.8) is 0 Å². The first-order valence-corrected chi connectivity index (χ1v) is 9.13. The van der Waals surface area contributed by atoms with Gasteiger partial charge in [-0.05, 0) is 6.07 Å². The predicted molar refractivity (Wildman–Crippen MR) is 95.6 cm³/mol. The normalized spacial score (nSPS) is 19.2. The predicted octanol–water partition coefficient (Wildman–Crippen LogP) is -0.563. The van der Waals surface area contributed by atoms with E-state index in [0.29, 0.717) is 6.42 Å². The van der Waals surface area contributed by atoms with Gasteiger partial charge in [0.2, 0.25) is 11.9 Å². The van der Waals surface area contributed by atoms with Crippen LogP contribution < -0.4 is 10.2 Å². The summed E-state index contributed by atoms with van der Waals surface area (Å²) in [5.41, 5.74) is 0. The van der Waals surface area contributed by atoms with E-state index in [2.05, 4.69) is 25.1 Å². The van der Waals surface area contributed by atoms with Gasteiger partial charge in [-0.1, -0.05) is 0 Å². The second kappa shape index (κ2) is 9.65. The van der Waals surface area contributed by atoms with Gasteiger partial charge in [0.1, 0.15) is 0 Å². The largest absolute Gasteiger partial charge is 0.379 e. The molecule has 1 N–H and O–H groups in total. The van der Waals surface area contributed by atoms with E-state index in [4.69, 9.17) is 4.74 Å². The summed E-state index contributed by atoms with van der Waals surface area (Å²) in [7, 11) is 0. The van der Waals surface area contributed by atoms with Crippen molar-refractivity contribution < 1.29 is 9.53 Å². The molecule has 0 aliphatic carbocycles. The van der Waals surface area contributed by atoms with E-state index in [9.17, 15) is 4.79 Å². The number of piperazine rings is 1. The third kappa shape index (κ3) is 5.62. The lowest BCUT2D eigenvalue weighted by Gasteiger charge is -2.34. The van der Waals surface area contributed by atoms with Crippen molar-refractivity contribution in [3.8, 4) is 0 Å². The van der Waals surface area contributed by atoms with Gasteiger partial charge in [0.15, 0.2) is 0 Å². The van der Waals surface area contributed by atoms with Crippen LogP contribution in [0.2, 0.25) is 0 Å². The summed E-state index contributed by atoms with van der Waals surface area (Å²) in [4.78, 5) is 27.3. The van der Waals surface area contributed by atoms with Crippen LogP contribution in [0.1, 0.15) is 6.42 Å². The van der Waals surface area contributed by atoms with Crippen LogP contribution in [-0.4, -0.2) is 97.8 Å². The zero-order chi connectivity index (χ0) is 17.3. The highest BCUT2D eigenvalue weighted by Gasteiger charge is 2.21. The topological polar surface area (TPSA) is 73.8 Å². The van der Waals surface area contributed by atoms with Crippen LogP contribution in [0.4, 0.5) is 5.95 Å². The Morgan fingerprint density at radius 3 is 2.48 bits per heavy atom. The molecule has 0 saturated carbocycles. The van der Waals surface area contributed by atoms with Gasteiger partial charge in [-0.3, -0.25) is 9.69 Å². The van der Waals surface area contributed by atoms with Crippen molar-refractivity contribution in [2.75, 3.05) is 77.0 Å². The molecule has 1 amide bonds. The number of ether oxygens (including phenoxy) is 1. The molecule has 2 saturated heterocycles. The van der Waals surface area contributed by atoms with Crippen molar-refractivity contribution in [2.24, 2.45) is 0 Å². The highest BCUT2D eigenvalue weighted by Crippen LogP contribution is 2.10. The number of carbonyl (C=O) groups is 1. The zero-order valence-corrected chi connectivity index (χ0v) is 14.8. The summed E-state index contributed by atoms with van der Waals surface area (Å²) >= 11 is 0. The van der Waals surface area contributed by atoms with Gasteiger partial charge < -0.3 is 19.9 Å². The Morgan fingerprint density at radius 1 is 1.04 bits per heavy atom. The fraction of sp³-hybridized carbons (Fsp3) is 0.706. The molecule has 0 unspecified atom stereocenters. The third-order valence-corrected chi connectivity index (χ3v) is 4.69. The smallest absolute Gasteiger partial charge is 0.225 e. The molecule has 2 aliphatic heterocycles. The number of morpholine rings is 1. The van der Waals surface area contributed by atoms with Crippen LogP contribution in [0.15, 0.2) is 18.5 Å². The van der Waals surface area contributed by atoms with E-state index in [1.54, 1.807) is 12.4 Å². The van der Waals surface area contributed by atoms with Crippen molar-refractivity contribution in [1.82, 2.24) is 25.1 Å². The summed E-state index contributed by atoms with van der Waals surface area (Å²) in [5, 5.41) is 3.38. The Balaban J connectivity index is 1.28. The molecule has 2 aliphatic rings. The molecule has 1 aromatic heterocycles. The molecule has 0 radical (unpaired) electrons. The minimum atomic E-state index is 0.229. The molecule has 3 rings (SSSR count). The van der Waals surface area contributed by atoms with E-state index >= 15 is 0 Å². The highest BCUT2D eigenvalue weighted by molar-refractivity contribution is 5.76. The summed E-state index contributed by atoms with van der Waals surface area (Å²) < 4.78 is 5.34. The van der Waals surface area contributed by atoms with Crippen LogP contribution >= 0.6 is 0 Å². The molecule has 0 bridgehead atoms. The van der Waals surface area contributed by atoms with Gasteiger partial charge in [-0.15, -0.1) is 0 Å². The maximum Gasteiger partial charge on any atom is 0.225 e. The van der Waals surface area contributed by atoms with E-state index in [0.717, 1.165) is 78.1 Å². The third-order valence-electron chi connectivity index (χ3n) is 4.69. The molecule has 25 heavy (non-hydrogen) atoms. The van der Waals surface area contributed by atoms with Crippen molar-refractivity contribution >= 4 is 11.9 Å². The first kappa shape index (κ1) is 18.0. The van der Waals surface area contributed by atoms with Crippen LogP contribution in [0.3, 0.4) is 0 Å². The molecule has 138 valence electrons. The summed E-state index contributed by atoms with van der Waals surface area (Å²) in [6.45, 7) is 9.43. The number of aromatic nitrogens is 2. The first-order valence-electron chi connectivity index (χ1n) is 9.13. The molecule has 2 fully saturated rings. The maximum atomic E-state index is 12.3. The number of hydrogen-bond acceptors (Lipinski definition) is 7. The Labute approximate surface area is 149 Å². The standard InChI is InChI=1S/C17H28N6O2/c24-16(2-5-18-6-7-21-12-14-25-15-13-21)22-8-10-23(11-9-22)17-19-3-1-4-20-17/h1,3-4,18H,2,5-15H2. The minimum Gasteiger partial charge on any atom is -0.379 e. The SMILES string of the molecule is O=C(CCNCCN1CCOCC1)N1CCN(c2ncccn2)CC1. The number of amides is 1. The number of carbonyl (C=O) groups excluding carboxylic acids is 1. The van der Waals surface area contributed by atoms with Gasteiger partial charge in [-0.25, -0.2) is 9.97 Å². The number of nitrogens with one attached hydrogen (secondary N) is 1. The average Bonchev–Trinajstić information content (AvgIpc) is 2.69. The average molecular weight is 348 g/mol. The molecule has 1 aromatic rings. The number of nitrogens with zero attached hydrogens (tertiary/aromatic N) is 5. The molecule has 8 nitrogen and oxygen atoms in total. The molecular weight excluding hydrogens is 320 g/mol. The Kier molecular flexibility index (Phi) is 6.96. The van der Waals surface area contributed by atoms with E-state index in [-0.39, 0.29) is 5.91 Å². The maximum absolute atomic E-state index is 12.3. The number of anilines is 1. The summed E-state index contributed by atoms with van der Waals surface area (Å²) in [5.74, 6) is 0.979. The lowest BCUT2D eigenvalue weighted by atomic mass is 10.3. The van der Waals surface area contributed by atoms with Crippen LogP contribution in [0.5, 0.6) is 0 Å². The van der Waals surface area contributed by atoms with E-state index < -0.39 is 0 Å². The lowest BCUT2D eigenvalue weighted by molar-refractivity contribution is -0.131. The Morgan fingerprint density at radius 2 is 1.76 bits per heavy atom. The Hall–Kier alpha value is -1.77. The van der Waals surface area contributed by atoms with Gasteiger partial charge >= 0.3 is 0 Å². The molecule has 0 aromatic carbocycles. The second-order valence-corrected chi connectivity index (χ2v) is 6.37. The number of rotatable bonds is 7. The lowest BCUT2D eigenvalue weighted by Crippen LogP contribution is -2.49. The molecule has 3 heterocycles. The van der Waals surface area contributed by atoms with E-state index in [1.807, 2.05) is 11.0 Å².